The zero-order valence-corrected chi connectivity index (χ0v) is 12.2. The van der Waals surface area contributed by atoms with E-state index in [2.05, 4.69) is 0 Å². The SMILES string of the molecule is CC1CCN(S(=O)(=O)c2cc(Cl)cc(C(=O)O)c2F)C1. The fourth-order valence-corrected chi connectivity index (χ4v) is 4.13. The summed E-state index contributed by atoms with van der Waals surface area (Å²) >= 11 is 5.69. The molecule has 0 aromatic heterocycles. The number of carbonyl (C=O) groups is 1. The van der Waals surface area contributed by atoms with Crippen molar-refractivity contribution in [2.24, 2.45) is 5.92 Å². The van der Waals surface area contributed by atoms with Crippen LogP contribution in [0.4, 0.5) is 4.39 Å². The van der Waals surface area contributed by atoms with E-state index in [0.717, 1.165) is 16.4 Å². The molecule has 2 rings (SSSR count). The fourth-order valence-electron chi connectivity index (χ4n) is 2.16. The number of halogens is 2. The summed E-state index contributed by atoms with van der Waals surface area (Å²) in [5.41, 5.74) is -0.747. The van der Waals surface area contributed by atoms with Crippen molar-refractivity contribution < 1.29 is 22.7 Å². The normalized spacial score (nSPS) is 20.2. The van der Waals surface area contributed by atoms with Crippen molar-refractivity contribution in [2.45, 2.75) is 18.2 Å². The first-order valence-electron chi connectivity index (χ1n) is 5.96. The highest BCUT2D eigenvalue weighted by Crippen LogP contribution is 2.29. The van der Waals surface area contributed by atoms with E-state index in [4.69, 9.17) is 16.7 Å². The van der Waals surface area contributed by atoms with Gasteiger partial charge in [0.1, 0.15) is 4.90 Å². The molecular formula is C12H13ClFNO4S. The summed E-state index contributed by atoms with van der Waals surface area (Å²) in [6.07, 6.45) is 0.688. The molecule has 1 aromatic carbocycles. The van der Waals surface area contributed by atoms with Crippen LogP contribution in [0.3, 0.4) is 0 Å². The maximum atomic E-state index is 14.1. The average Bonchev–Trinajstić information content (AvgIpc) is 2.78. The van der Waals surface area contributed by atoms with Gasteiger partial charge in [-0.25, -0.2) is 17.6 Å². The van der Waals surface area contributed by atoms with Gasteiger partial charge in [-0.1, -0.05) is 18.5 Å². The summed E-state index contributed by atoms with van der Waals surface area (Å²) in [6.45, 7) is 2.47. The van der Waals surface area contributed by atoms with Crippen molar-refractivity contribution >= 4 is 27.6 Å². The molecule has 0 bridgehead atoms. The topological polar surface area (TPSA) is 74.7 Å². The zero-order chi connectivity index (χ0) is 15.1. The Labute approximate surface area is 121 Å². The second-order valence-electron chi connectivity index (χ2n) is 4.83. The molecule has 1 heterocycles. The van der Waals surface area contributed by atoms with Gasteiger partial charge in [0, 0.05) is 18.1 Å². The molecule has 1 unspecified atom stereocenters. The standard InChI is InChI=1S/C12H13ClFNO4S/c1-7-2-3-15(6-7)20(18,19)10-5-8(13)4-9(11(10)14)12(16)17/h4-5,7H,2-3,6H2,1H3,(H,16,17). The molecule has 0 radical (unpaired) electrons. The molecule has 5 nitrogen and oxygen atoms in total. The highest BCUT2D eigenvalue weighted by atomic mass is 35.5. The lowest BCUT2D eigenvalue weighted by molar-refractivity contribution is 0.0691. The Bertz CT molecular complexity index is 662. The summed E-state index contributed by atoms with van der Waals surface area (Å²) in [4.78, 5) is 10.2. The Kier molecular flexibility index (Phi) is 4.04. The van der Waals surface area contributed by atoms with Gasteiger partial charge in [-0.15, -0.1) is 0 Å². The van der Waals surface area contributed by atoms with Crippen LogP contribution in [0.1, 0.15) is 23.7 Å². The molecule has 1 N–H and O–H groups in total. The second-order valence-corrected chi connectivity index (χ2v) is 7.17. The van der Waals surface area contributed by atoms with Crippen LogP contribution in [0.2, 0.25) is 5.02 Å². The van der Waals surface area contributed by atoms with E-state index < -0.39 is 32.3 Å². The first-order chi connectivity index (χ1) is 9.23. The third-order valence-electron chi connectivity index (χ3n) is 3.24. The minimum atomic E-state index is -4.07. The number of carboxylic acids is 1. The molecule has 1 aliphatic rings. The molecule has 1 saturated heterocycles. The monoisotopic (exact) mass is 321 g/mol. The van der Waals surface area contributed by atoms with E-state index in [1.54, 1.807) is 0 Å². The third-order valence-corrected chi connectivity index (χ3v) is 5.32. The summed E-state index contributed by atoms with van der Waals surface area (Å²) in [6, 6.07) is 1.84. The van der Waals surface area contributed by atoms with E-state index in [1.807, 2.05) is 6.92 Å². The van der Waals surface area contributed by atoms with Crippen molar-refractivity contribution in [2.75, 3.05) is 13.1 Å². The Balaban J connectivity index is 2.55. The van der Waals surface area contributed by atoms with Gasteiger partial charge in [-0.05, 0) is 24.5 Å². The van der Waals surface area contributed by atoms with Crippen LogP contribution in [-0.4, -0.2) is 36.9 Å². The van der Waals surface area contributed by atoms with Crippen molar-refractivity contribution in [1.29, 1.82) is 0 Å². The van der Waals surface area contributed by atoms with E-state index in [-0.39, 0.29) is 24.0 Å². The number of hydrogen-bond donors (Lipinski definition) is 1. The number of benzene rings is 1. The van der Waals surface area contributed by atoms with Gasteiger partial charge in [-0.2, -0.15) is 4.31 Å². The predicted octanol–water partition coefficient (Wildman–Crippen LogP) is 2.21. The molecule has 0 spiro atoms. The summed E-state index contributed by atoms with van der Waals surface area (Å²) in [5, 5.41) is 8.75. The Hall–Kier alpha value is -1.18. The lowest BCUT2D eigenvalue weighted by atomic mass is 10.2. The molecule has 1 aromatic rings. The molecule has 1 fully saturated rings. The average molecular weight is 322 g/mol. The van der Waals surface area contributed by atoms with Gasteiger partial charge in [0.25, 0.3) is 0 Å². The van der Waals surface area contributed by atoms with Crippen LogP contribution in [-0.2, 0) is 10.0 Å². The van der Waals surface area contributed by atoms with E-state index in [0.29, 0.717) is 6.42 Å². The first-order valence-corrected chi connectivity index (χ1v) is 7.77. The lowest BCUT2D eigenvalue weighted by Gasteiger charge is -2.17. The number of carboxylic acid groups (broad SMARTS) is 1. The van der Waals surface area contributed by atoms with Gasteiger partial charge >= 0.3 is 5.97 Å². The Morgan fingerprint density at radius 3 is 2.65 bits per heavy atom. The molecular weight excluding hydrogens is 309 g/mol. The Morgan fingerprint density at radius 2 is 2.15 bits per heavy atom. The fraction of sp³-hybridized carbons (Fsp3) is 0.417. The van der Waals surface area contributed by atoms with Gasteiger partial charge in [-0.3, -0.25) is 0 Å². The molecule has 0 saturated carbocycles. The molecule has 1 aliphatic heterocycles. The van der Waals surface area contributed by atoms with Crippen molar-refractivity contribution in [3.05, 3.63) is 28.5 Å². The maximum absolute atomic E-state index is 14.1. The molecule has 8 heteroatoms. The van der Waals surface area contributed by atoms with Crippen LogP contribution >= 0.6 is 11.6 Å². The van der Waals surface area contributed by atoms with Crippen LogP contribution < -0.4 is 0 Å². The maximum Gasteiger partial charge on any atom is 0.338 e. The summed E-state index contributed by atoms with van der Waals surface area (Å²) < 4.78 is 40.0. The lowest BCUT2D eigenvalue weighted by Crippen LogP contribution is -2.29. The minimum absolute atomic E-state index is 0.130. The summed E-state index contributed by atoms with van der Waals surface area (Å²) in [7, 11) is -4.07. The molecule has 0 aliphatic carbocycles. The second kappa shape index (κ2) is 5.31. The Morgan fingerprint density at radius 1 is 1.50 bits per heavy atom. The largest absolute Gasteiger partial charge is 0.478 e. The number of aromatic carboxylic acids is 1. The van der Waals surface area contributed by atoms with Gasteiger partial charge < -0.3 is 5.11 Å². The van der Waals surface area contributed by atoms with Crippen LogP contribution in [0.25, 0.3) is 0 Å². The predicted molar refractivity (Wildman–Crippen MR) is 70.9 cm³/mol. The summed E-state index contributed by atoms with van der Waals surface area (Å²) in [5.74, 6) is -2.65. The highest BCUT2D eigenvalue weighted by molar-refractivity contribution is 7.89. The minimum Gasteiger partial charge on any atom is -0.478 e. The van der Waals surface area contributed by atoms with Gasteiger partial charge in [0.05, 0.1) is 5.56 Å². The van der Waals surface area contributed by atoms with Crippen molar-refractivity contribution in [3.8, 4) is 0 Å². The highest BCUT2D eigenvalue weighted by Gasteiger charge is 2.34. The number of nitrogens with zero attached hydrogens (tertiary/aromatic N) is 1. The smallest absolute Gasteiger partial charge is 0.338 e. The quantitative estimate of drug-likeness (QED) is 0.926. The van der Waals surface area contributed by atoms with Crippen LogP contribution in [0, 0.1) is 11.7 Å². The van der Waals surface area contributed by atoms with Gasteiger partial charge in [0.2, 0.25) is 10.0 Å². The zero-order valence-electron chi connectivity index (χ0n) is 10.6. The van der Waals surface area contributed by atoms with Crippen molar-refractivity contribution in [3.63, 3.8) is 0 Å². The number of rotatable bonds is 3. The van der Waals surface area contributed by atoms with Crippen LogP contribution in [0.15, 0.2) is 17.0 Å². The van der Waals surface area contributed by atoms with Gasteiger partial charge in [0.15, 0.2) is 5.82 Å². The van der Waals surface area contributed by atoms with E-state index in [1.165, 1.54) is 0 Å². The van der Waals surface area contributed by atoms with E-state index >= 15 is 0 Å². The van der Waals surface area contributed by atoms with Crippen molar-refractivity contribution in [1.82, 2.24) is 4.31 Å². The molecule has 20 heavy (non-hydrogen) atoms. The number of hydrogen-bond acceptors (Lipinski definition) is 3. The van der Waals surface area contributed by atoms with Crippen LogP contribution in [0.5, 0.6) is 0 Å². The molecule has 1 atom stereocenters. The molecule has 0 amide bonds. The first kappa shape index (κ1) is 15.2. The number of sulfonamides is 1. The van der Waals surface area contributed by atoms with E-state index in [9.17, 15) is 17.6 Å². The third kappa shape index (κ3) is 2.65. The molecule has 110 valence electrons.